The number of hydrogen-bond acceptors (Lipinski definition) is 4. The summed E-state index contributed by atoms with van der Waals surface area (Å²) in [6.45, 7) is 11.2. The van der Waals surface area contributed by atoms with Gasteiger partial charge in [-0.05, 0) is 31.2 Å². The third kappa shape index (κ3) is 6.16. The third-order valence-corrected chi connectivity index (χ3v) is 4.37. The van der Waals surface area contributed by atoms with Crippen molar-refractivity contribution in [2.45, 2.75) is 46.6 Å². The minimum Gasteiger partial charge on any atom is -0.344 e. The minimum atomic E-state index is -0.532. The predicted molar refractivity (Wildman–Crippen MR) is 98.0 cm³/mol. The lowest BCUT2D eigenvalue weighted by Crippen LogP contribution is -2.47. The maximum atomic E-state index is 12.6. The molecule has 2 atom stereocenters. The molecule has 0 aliphatic carbocycles. The Bertz CT molecular complexity index is 556. The number of amides is 2. The highest BCUT2D eigenvalue weighted by atomic mass is 16.2. The summed E-state index contributed by atoms with van der Waals surface area (Å²) in [5, 5.41) is 12.3. The second-order valence-electron chi connectivity index (χ2n) is 7.79. The number of aromatic nitrogens is 2. The lowest BCUT2D eigenvalue weighted by Gasteiger charge is -2.22. The summed E-state index contributed by atoms with van der Waals surface area (Å²) in [5.74, 6) is 1.18. The van der Waals surface area contributed by atoms with E-state index < -0.39 is 6.04 Å². The van der Waals surface area contributed by atoms with E-state index in [0.29, 0.717) is 24.1 Å². The molecule has 1 saturated heterocycles. The van der Waals surface area contributed by atoms with Crippen LogP contribution in [0.1, 0.15) is 40.5 Å². The maximum Gasteiger partial charge on any atom is 0.248 e. The molecule has 1 aromatic heterocycles. The van der Waals surface area contributed by atoms with E-state index in [1.54, 1.807) is 12.3 Å². The van der Waals surface area contributed by atoms with Gasteiger partial charge in [0.25, 0.3) is 0 Å². The van der Waals surface area contributed by atoms with Gasteiger partial charge in [-0.15, -0.1) is 0 Å². The van der Waals surface area contributed by atoms with Gasteiger partial charge in [-0.3, -0.25) is 14.7 Å². The molecule has 1 aliphatic heterocycles. The van der Waals surface area contributed by atoms with Gasteiger partial charge in [0.05, 0.1) is 12.1 Å². The molecule has 7 heteroatoms. The van der Waals surface area contributed by atoms with Crippen molar-refractivity contribution in [3.63, 3.8) is 0 Å². The highest BCUT2D eigenvalue weighted by Crippen LogP contribution is 2.18. The van der Waals surface area contributed by atoms with Crippen LogP contribution in [0, 0.1) is 17.8 Å². The number of likely N-dealkylation sites (tertiary alicyclic amines) is 1. The van der Waals surface area contributed by atoms with Crippen molar-refractivity contribution in [3.8, 4) is 0 Å². The van der Waals surface area contributed by atoms with Gasteiger partial charge >= 0.3 is 0 Å². The van der Waals surface area contributed by atoms with E-state index in [9.17, 15) is 9.59 Å². The Labute approximate surface area is 149 Å². The summed E-state index contributed by atoms with van der Waals surface area (Å²) in [4.78, 5) is 27.5. The molecule has 140 valence electrons. The van der Waals surface area contributed by atoms with Gasteiger partial charge in [-0.25, -0.2) is 0 Å². The van der Waals surface area contributed by atoms with E-state index in [4.69, 9.17) is 0 Å². The lowest BCUT2D eigenvalue weighted by molar-refractivity contribution is -0.129. The zero-order chi connectivity index (χ0) is 18.4. The summed E-state index contributed by atoms with van der Waals surface area (Å²) in [6.07, 6.45) is 3.04. The van der Waals surface area contributed by atoms with E-state index in [1.165, 1.54) is 0 Å². The molecule has 0 unspecified atom stereocenters. The fourth-order valence-electron chi connectivity index (χ4n) is 3.27. The second-order valence-corrected chi connectivity index (χ2v) is 7.79. The first-order valence-corrected chi connectivity index (χ1v) is 9.18. The highest BCUT2D eigenvalue weighted by Gasteiger charge is 2.31. The maximum absolute atomic E-state index is 12.6. The molecule has 1 aliphatic rings. The largest absolute Gasteiger partial charge is 0.344 e. The lowest BCUT2D eigenvalue weighted by atomic mass is 10.0. The normalized spacial score (nSPS) is 19.4. The molecule has 0 spiro atoms. The number of hydrogen-bond donors (Lipinski definition) is 3. The SMILES string of the molecule is CC(C)C[C@@H](NC(=O)[C@H]1CCN(CC(C)C)C1)C(=O)Nc1ccn[nH]1. The monoisotopic (exact) mass is 349 g/mol. The topological polar surface area (TPSA) is 90.1 Å². The minimum absolute atomic E-state index is 0.0170. The van der Waals surface area contributed by atoms with Crippen LogP contribution in [-0.2, 0) is 9.59 Å². The summed E-state index contributed by atoms with van der Waals surface area (Å²) in [5.41, 5.74) is 0. The van der Waals surface area contributed by atoms with Crippen molar-refractivity contribution in [1.29, 1.82) is 0 Å². The molecule has 0 saturated carbocycles. The molecular weight excluding hydrogens is 318 g/mol. The molecule has 2 rings (SSSR count). The van der Waals surface area contributed by atoms with Crippen LogP contribution in [0.3, 0.4) is 0 Å². The molecule has 0 radical (unpaired) electrons. The van der Waals surface area contributed by atoms with E-state index in [-0.39, 0.29) is 17.7 Å². The zero-order valence-electron chi connectivity index (χ0n) is 15.7. The van der Waals surface area contributed by atoms with Crippen molar-refractivity contribution in [1.82, 2.24) is 20.4 Å². The van der Waals surface area contributed by atoms with Gasteiger partial charge in [0, 0.05) is 19.2 Å². The summed E-state index contributed by atoms with van der Waals surface area (Å²) in [6, 6.07) is 1.15. The van der Waals surface area contributed by atoms with Gasteiger partial charge < -0.3 is 15.5 Å². The van der Waals surface area contributed by atoms with Crippen LogP contribution < -0.4 is 10.6 Å². The fourth-order valence-corrected chi connectivity index (χ4v) is 3.27. The van der Waals surface area contributed by atoms with E-state index in [2.05, 4.69) is 39.6 Å². The van der Waals surface area contributed by atoms with Crippen LogP contribution in [0.4, 0.5) is 5.82 Å². The number of carbonyl (C=O) groups is 2. The van der Waals surface area contributed by atoms with Crippen molar-refractivity contribution in [2.75, 3.05) is 25.0 Å². The van der Waals surface area contributed by atoms with Crippen LogP contribution in [0.5, 0.6) is 0 Å². The molecule has 3 N–H and O–H groups in total. The Balaban J connectivity index is 1.92. The molecule has 1 aromatic rings. The van der Waals surface area contributed by atoms with Crippen molar-refractivity contribution < 1.29 is 9.59 Å². The standard InChI is InChI=1S/C18H31N5O2/c1-12(2)9-15(18(25)21-16-5-7-19-22-16)20-17(24)14-6-8-23(11-14)10-13(3)4/h5,7,12-15H,6,8-11H2,1-4H3,(H,20,24)(H2,19,21,22,25)/t14-,15+/m0/s1. The molecule has 2 heterocycles. The number of nitrogens with zero attached hydrogens (tertiary/aromatic N) is 2. The number of carbonyl (C=O) groups excluding carboxylic acids is 2. The third-order valence-electron chi connectivity index (χ3n) is 4.37. The first-order chi connectivity index (χ1) is 11.8. The number of aromatic amines is 1. The summed E-state index contributed by atoms with van der Waals surface area (Å²) >= 11 is 0. The predicted octanol–water partition coefficient (Wildman–Crippen LogP) is 1.86. The van der Waals surface area contributed by atoms with Crippen molar-refractivity contribution in [2.24, 2.45) is 17.8 Å². The number of H-pyrrole nitrogens is 1. The van der Waals surface area contributed by atoms with Gasteiger partial charge in [-0.2, -0.15) is 5.10 Å². The first-order valence-electron chi connectivity index (χ1n) is 9.18. The van der Waals surface area contributed by atoms with Crippen LogP contribution >= 0.6 is 0 Å². The molecule has 2 amide bonds. The van der Waals surface area contributed by atoms with Crippen LogP contribution in [0.15, 0.2) is 12.3 Å². The quantitative estimate of drug-likeness (QED) is 0.668. The van der Waals surface area contributed by atoms with Crippen LogP contribution in [0.2, 0.25) is 0 Å². The molecule has 0 bridgehead atoms. The fraction of sp³-hybridized carbons (Fsp3) is 0.722. The van der Waals surface area contributed by atoms with Gasteiger partial charge in [0.2, 0.25) is 11.8 Å². The highest BCUT2D eigenvalue weighted by molar-refractivity contribution is 5.96. The summed E-state index contributed by atoms with van der Waals surface area (Å²) < 4.78 is 0. The molecule has 1 fully saturated rings. The first kappa shape index (κ1) is 19.4. The van der Waals surface area contributed by atoms with E-state index >= 15 is 0 Å². The average Bonchev–Trinajstić information content (AvgIpc) is 3.17. The van der Waals surface area contributed by atoms with E-state index in [0.717, 1.165) is 26.1 Å². The molecule has 7 nitrogen and oxygen atoms in total. The van der Waals surface area contributed by atoms with Crippen molar-refractivity contribution in [3.05, 3.63) is 12.3 Å². The molecule has 25 heavy (non-hydrogen) atoms. The Morgan fingerprint density at radius 2 is 2.08 bits per heavy atom. The number of nitrogens with one attached hydrogen (secondary N) is 3. The smallest absolute Gasteiger partial charge is 0.248 e. The zero-order valence-corrected chi connectivity index (χ0v) is 15.7. The number of anilines is 1. The van der Waals surface area contributed by atoms with Gasteiger partial charge in [0.1, 0.15) is 11.9 Å². The summed E-state index contributed by atoms with van der Waals surface area (Å²) in [7, 11) is 0. The Morgan fingerprint density at radius 3 is 2.68 bits per heavy atom. The van der Waals surface area contributed by atoms with E-state index in [1.807, 2.05) is 13.8 Å². The van der Waals surface area contributed by atoms with Gasteiger partial charge in [-0.1, -0.05) is 27.7 Å². The Morgan fingerprint density at radius 1 is 1.32 bits per heavy atom. The average molecular weight is 349 g/mol. The number of rotatable bonds is 8. The second kappa shape index (κ2) is 8.99. The Kier molecular flexibility index (Phi) is 6.99. The Hall–Kier alpha value is -1.89. The van der Waals surface area contributed by atoms with Crippen LogP contribution in [-0.4, -0.2) is 52.6 Å². The molecular formula is C18H31N5O2. The van der Waals surface area contributed by atoms with Gasteiger partial charge in [0.15, 0.2) is 0 Å². The molecule has 0 aromatic carbocycles. The van der Waals surface area contributed by atoms with Crippen LogP contribution in [0.25, 0.3) is 0 Å². The van der Waals surface area contributed by atoms with Crippen molar-refractivity contribution >= 4 is 17.6 Å².